The van der Waals surface area contributed by atoms with Crippen molar-refractivity contribution in [3.05, 3.63) is 88.5 Å². The van der Waals surface area contributed by atoms with E-state index in [9.17, 15) is 9.59 Å². The molecule has 4 rings (SSSR count). The van der Waals surface area contributed by atoms with Crippen LogP contribution in [0, 0.1) is 6.92 Å². The molecular weight excluding hydrogens is 434 g/mol. The Morgan fingerprint density at radius 1 is 0.758 bits per heavy atom. The summed E-state index contributed by atoms with van der Waals surface area (Å²) in [6.45, 7) is 3.78. The van der Waals surface area contributed by atoms with Crippen LogP contribution in [0.15, 0.2) is 60.7 Å². The molecular formula is C27H30ClN3O2. The van der Waals surface area contributed by atoms with Crippen molar-refractivity contribution in [1.29, 1.82) is 0 Å². The average Bonchev–Trinajstić information content (AvgIpc) is 2.76. The third-order valence-electron chi connectivity index (χ3n) is 5.73. The maximum atomic E-state index is 13.5. The van der Waals surface area contributed by atoms with Gasteiger partial charge in [-0.2, -0.15) is 0 Å². The molecule has 3 aromatic carbocycles. The van der Waals surface area contributed by atoms with Crippen LogP contribution in [-0.4, -0.2) is 50.3 Å². The maximum Gasteiger partial charge on any atom is 0.196 e. The number of benzene rings is 3. The Balaban J connectivity index is 0.00000306. The van der Waals surface area contributed by atoms with Crippen molar-refractivity contribution < 1.29 is 26.5 Å². The standard InChI is InChI=1S/C27H29N3O2.ClH/c1-18-10-12-19(13-11-18)29-23-15-14-22(28-16-7-17-30(2,3)4)24-25(23)27(32)21-9-6-5-8-20(21)26(24)31;/h5-6,8-15H,7,16-17H2,1-4H3,(H-,28,29,31,32);1H. The van der Waals surface area contributed by atoms with Crippen LogP contribution in [0.5, 0.6) is 0 Å². The fourth-order valence-corrected chi connectivity index (χ4v) is 4.04. The fourth-order valence-electron chi connectivity index (χ4n) is 4.04. The zero-order valence-electron chi connectivity index (χ0n) is 19.5. The molecule has 0 fully saturated rings. The van der Waals surface area contributed by atoms with Gasteiger partial charge in [-0.3, -0.25) is 9.59 Å². The molecule has 0 bridgehead atoms. The lowest BCUT2D eigenvalue weighted by atomic mass is 9.82. The second-order valence-electron chi connectivity index (χ2n) is 9.40. The summed E-state index contributed by atoms with van der Waals surface area (Å²) in [6.07, 6.45) is 0.959. The smallest absolute Gasteiger partial charge is 0.196 e. The van der Waals surface area contributed by atoms with E-state index in [1.165, 1.54) is 0 Å². The summed E-state index contributed by atoms with van der Waals surface area (Å²) in [5.41, 5.74) is 5.21. The minimum atomic E-state index is -0.125. The Bertz CT molecular complexity index is 1180. The van der Waals surface area contributed by atoms with E-state index in [0.29, 0.717) is 33.6 Å². The molecule has 1 aliphatic rings. The molecule has 5 nitrogen and oxygen atoms in total. The van der Waals surface area contributed by atoms with E-state index in [1.807, 2.05) is 43.3 Å². The number of carbonyl (C=O) groups excluding carboxylic acids is 2. The van der Waals surface area contributed by atoms with E-state index in [-0.39, 0.29) is 24.0 Å². The average molecular weight is 464 g/mol. The van der Waals surface area contributed by atoms with Crippen LogP contribution in [0.3, 0.4) is 0 Å². The van der Waals surface area contributed by atoms with Crippen LogP contribution in [0.2, 0.25) is 0 Å². The van der Waals surface area contributed by atoms with Gasteiger partial charge in [0.25, 0.3) is 0 Å². The molecule has 0 saturated carbocycles. The van der Waals surface area contributed by atoms with E-state index in [0.717, 1.165) is 35.2 Å². The van der Waals surface area contributed by atoms with E-state index in [1.54, 1.807) is 24.3 Å². The number of rotatable bonds is 7. The highest BCUT2D eigenvalue weighted by atomic mass is 35.5. The number of hydrogen-bond donors (Lipinski definition) is 2. The van der Waals surface area contributed by atoms with Crippen molar-refractivity contribution in [1.82, 2.24) is 0 Å². The number of ketones is 2. The summed E-state index contributed by atoms with van der Waals surface area (Å²) >= 11 is 0. The third kappa shape index (κ3) is 5.27. The summed E-state index contributed by atoms with van der Waals surface area (Å²) in [4.78, 5) is 27.0. The summed E-state index contributed by atoms with van der Waals surface area (Å²) in [5, 5.41) is 6.77. The Morgan fingerprint density at radius 2 is 1.30 bits per heavy atom. The molecule has 6 heteroatoms. The zero-order valence-corrected chi connectivity index (χ0v) is 20.3. The maximum absolute atomic E-state index is 13.5. The number of anilines is 3. The Hall–Kier alpha value is -3.15. The SMILES string of the molecule is Cc1ccc(Nc2ccc(NCCC[N+](C)(C)C)c3c2C(=O)c2ccccc2C3=O)cc1.[Cl-]. The Morgan fingerprint density at radius 3 is 1.88 bits per heavy atom. The van der Waals surface area contributed by atoms with Gasteiger partial charge in [0.2, 0.25) is 0 Å². The van der Waals surface area contributed by atoms with Gasteiger partial charge in [-0.25, -0.2) is 0 Å². The first-order chi connectivity index (χ1) is 15.2. The first-order valence-electron chi connectivity index (χ1n) is 11.0. The van der Waals surface area contributed by atoms with E-state index < -0.39 is 0 Å². The predicted octanol–water partition coefficient (Wildman–Crippen LogP) is 2.03. The molecule has 0 radical (unpaired) electrons. The number of carbonyl (C=O) groups is 2. The fraction of sp³-hybridized carbons (Fsp3) is 0.259. The van der Waals surface area contributed by atoms with Gasteiger partial charge >= 0.3 is 0 Å². The summed E-state index contributed by atoms with van der Waals surface area (Å²) < 4.78 is 0.879. The zero-order chi connectivity index (χ0) is 22.9. The van der Waals surface area contributed by atoms with Gasteiger partial charge in [-0.1, -0.05) is 42.0 Å². The first kappa shape index (κ1) is 24.5. The van der Waals surface area contributed by atoms with Crippen molar-refractivity contribution in [2.45, 2.75) is 13.3 Å². The van der Waals surface area contributed by atoms with E-state index >= 15 is 0 Å². The third-order valence-corrected chi connectivity index (χ3v) is 5.73. The molecule has 0 spiro atoms. The summed E-state index contributed by atoms with van der Waals surface area (Å²) in [7, 11) is 6.48. The minimum Gasteiger partial charge on any atom is -1.00 e. The molecule has 172 valence electrons. The summed E-state index contributed by atoms with van der Waals surface area (Å²) in [6, 6.07) is 18.8. The van der Waals surface area contributed by atoms with Gasteiger partial charge < -0.3 is 27.5 Å². The lowest BCUT2D eigenvalue weighted by Gasteiger charge is -2.25. The molecule has 0 aliphatic heterocycles. The molecule has 0 saturated heterocycles. The molecule has 0 atom stereocenters. The van der Waals surface area contributed by atoms with E-state index in [2.05, 4.69) is 31.8 Å². The van der Waals surface area contributed by atoms with Crippen molar-refractivity contribution in [3.8, 4) is 0 Å². The molecule has 3 aromatic rings. The molecule has 0 amide bonds. The number of nitrogens with one attached hydrogen (secondary N) is 2. The van der Waals surface area contributed by atoms with Crippen LogP contribution in [0.1, 0.15) is 43.8 Å². The van der Waals surface area contributed by atoms with Crippen LogP contribution in [-0.2, 0) is 0 Å². The number of quaternary nitrogens is 1. The molecule has 0 unspecified atom stereocenters. The molecule has 2 N–H and O–H groups in total. The lowest BCUT2D eigenvalue weighted by Crippen LogP contribution is -3.00. The highest BCUT2D eigenvalue weighted by molar-refractivity contribution is 6.32. The van der Waals surface area contributed by atoms with Crippen LogP contribution >= 0.6 is 0 Å². The van der Waals surface area contributed by atoms with Crippen LogP contribution in [0.4, 0.5) is 17.1 Å². The predicted molar refractivity (Wildman–Crippen MR) is 130 cm³/mol. The summed E-state index contributed by atoms with van der Waals surface area (Å²) in [5.74, 6) is -0.239. The van der Waals surface area contributed by atoms with Crippen molar-refractivity contribution >= 4 is 28.6 Å². The molecule has 33 heavy (non-hydrogen) atoms. The van der Waals surface area contributed by atoms with Gasteiger partial charge in [0.1, 0.15) is 0 Å². The molecule has 1 aliphatic carbocycles. The first-order valence-corrected chi connectivity index (χ1v) is 11.0. The number of fused-ring (bicyclic) bond motifs is 2. The van der Waals surface area contributed by atoms with Crippen molar-refractivity contribution in [3.63, 3.8) is 0 Å². The quantitative estimate of drug-likeness (QED) is 0.325. The second kappa shape index (κ2) is 9.77. The number of aryl methyl sites for hydroxylation is 1. The monoisotopic (exact) mass is 463 g/mol. The van der Waals surface area contributed by atoms with Gasteiger partial charge in [0, 0.05) is 35.5 Å². The van der Waals surface area contributed by atoms with Gasteiger partial charge in [-0.05, 0) is 31.2 Å². The van der Waals surface area contributed by atoms with Crippen LogP contribution in [0.25, 0.3) is 0 Å². The van der Waals surface area contributed by atoms with Crippen molar-refractivity contribution in [2.24, 2.45) is 0 Å². The normalized spacial score (nSPS) is 12.5. The minimum absolute atomic E-state index is 0. The van der Waals surface area contributed by atoms with E-state index in [4.69, 9.17) is 0 Å². The van der Waals surface area contributed by atoms with Crippen LogP contribution < -0.4 is 23.0 Å². The van der Waals surface area contributed by atoms with Gasteiger partial charge in [0.05, 0.1) is 44.5 Å². The highest BCUT2D eigenvalue weighted by Gasteiger charge is 2.33. The topological polar surface area (TPSA) is 58.2 Å². The lowest BCUT2D eigenvalue weighted by molar-refractivity contribution is -0.870. The van der Waals surface area contributed by atoms with Gasteiger partial charge in [-0.15, -0.1) is 0 Å². The Labute approximate surface area is 201 Å². The molecule has 0 heterocycles. The Kier molecular flexibility index (Phi) is 7.25. The highest BCUT2D eigenvalue weighted by Crippen LogP contribution is 2.37. The number of hydrogen-bond acceptors (Lipinski definition) is 4. The van der Waals surface area contributed by atoms with Crippen molar-refractivity contribution in [2.75, 3.05) is 44.9 Å². The van der Waals surface area contributed by atoms with Gasteiger partial charge in [0.15, 0.2) is 11.6 Å². The number of halogens is 1. The molecule has 0 aromatic heterocycles. The number of nitrogens with zero attached hydrogens (tertiary/aromatic N) is 1. The largest absolute Gasteiger partial charge is 1.00 e. The second-order valence-corrected chi connectivity index (χ2v) is 9.40.